The van der Waals surface area contributed by atoms with Gasteiger partial charge in [-0.2, -0.15) is 0 Å². The van der Waals surface area contributed by atoms with E-state index < -0.39 is 13.3 Å². The lowest BCUT2D eigenvalue weighted by atomic mass is 9.99. The summed E-state index contributed by atoms with van der Waals surface area (Å²) in [5.41, 5.74) is 0. The number of hydrogen-bond donors (Lipinski definition) is 0. The largest absolute Gasteiger partial charge is 0.590 e. The van der Waals surface area contributed by atoms with Crippen molar-refractivity contribution < 1.29 is 13.9 Å². The zero-order chi connectivity index (χ0) is 20.6. The summed E-state index contributed by atoms with van der Waals surface area (Å²) in [6.45, 7) is 4.33. The molecule has 0 saturated carbocycles. The Morgan fingerprint density at radius 1 is 0.741 bits per heavy atom. The van der Waals surface area contributed by atoms with Crippen molar-refractivity contribution in [1.29, 1.82) is 0 Å². The number of allylic oxidation sites excluding steroid dienone is 2. The number of unbranched alkanes of at least 4 members (excludes halogenated alkanes) is 10. The van der Waals surface area contributed by atoms with Crippen molar-refractivity contribution in [3.05, 3.63) is 12.2 Å². The summed E-state index contributed by atoms with van der Waals surface area (Å²) >= 11 is 0. The van der Waals surface area contributed by atoms with E-state index in [4.69, 9.17) is 0 Å². The van der Waals surface area contributed by atoms with Crippen LogP contribution in [0.25, 0.3) is 0 Å². The van der Waals surface area contributed by atoms with Gasteiger partial charge in [0, 0.05) is 12.8 Å². The van der Waals surface area contributed by atoms with Gasteiger partial charge in [0.15, 0.2) is 0 Å². The number of rotatable bonds is 18. The molecule has 0 spiro atoms. The normalized spacial score (nSPS) is 15.3. The Hall–Kier alpha value is -0.240. The number of nitrogens with zero attached hydrogens (tertiary/aromatic N) is 1. The summed E-state index contributed by atoms with van der Waals surface area (Å²) in [5, 5.41) is -0.589. The fourth-order valence-corrected chi connectivity index (χ4v) is 5.15. The van der Waals surface area contributed by atoms with Crippen LogP contribution < -0.4 is 4.89 Å². The Morgan fingerprint density at radius 2 is 1.22 bits per heavy atom. The number of hydrogen-bond acceptors (Lipinski definition) is 2. The third kappa shape index (κ3) is 11.4. The van der Waals surface area contributed by atoms with E-state index in [0.717, 1.165) is 32.1 Å². The quantitative estimate of drug-likeness (QED) is 0.108. The van der Waals surface area contributed by atoms with Crippen LogP contribution in [-0.4, -0.2) is 30.9 Å². The summed E-state index contributed by atoms with van der Waals surface area (Å²) in [4.78, 5) is 12.0. The molecule has 0 aliphatic carbocycles. The van der Waals surface area contributed by atoms with Crippen molar-refractivity contribution in [3.63, 3.8) is 0 Å². The zero-order valence-electron chi connectivity index (χ0n) is 19.0. The van der Waals surface area contributed by atoms with Crippen LogP contribution in [0.1, 0.15) is 110 Å². The minimum Gasteiger partial charge on any atom is -0.590 e. The van der Waals surface area contributed by atoms with Crippen molar-refractivity contribution in [2.24, 2.45) is 0 Å². The predicted octanol–water partition coefficient (Wildman–Crippen LogP) is 6.94. The Labute approximate surface area is 171 Å². The second-order valence-electron chi connectivity index (χ2n) is 8.98. The highest BCUT2D eigenvalue weighted by atomic mass is 31.1. The van der Waals surface area contributed by atoms with Crippen molar-refractivity contribution in [3.8, 4) is 0 Å². The third-order valence-electron chi connectivity index (χ3n) is 5.83. The molecule has 0 N–H and O–H groups in total. The van der Waals surface area contributed by atoms with Gasteiger partial charge in [-0.15, -0.1) is 0 Å². The molecule has 0 fully saturated rings. The SMILES string of the molecule is CCCC/C=C\CCCCCCCCCCC(CCC)([P+](=O)[O-])[N+](C)(C)C. The van der Waals surface area contributed by atoms with E-state index >= 15 is 0 Å². The van der Waals surface area contributed by atoms with Crippen LogP contribution in [0.15, 0.2) is 12.2 Å². The molecule has 0 rings (SSSR count). The van der Waals surface area contributed by atoms with E-state index in [1.807, 2.05) is 21.1 Å². The molecule has 2 unspecified atom stereocenters. The molecule has 0 aromatic carbocycles. The Balaban J connectivity index is 3.83. The molecule has 0 aromatic heterocycles. The van der Waals surface area contributed by atoms with Crippen LogP contribution in [0.2, 0.25) is 0 Å². The van der Waals surface area contributed by atoms with Crippen LogP contribution in [0.5, 0.6) is 0 Å². The summed E-state index contributed by atoms with van der Waals surface area (Å²) in [7, 11) is 3.67. The van der Waals surface area contributed by atoms with E-state index in [9.17, 15) is 9.46 Å². The van der Waals surface area contributed by atoms with Gasteiger partial charge in [-0.1, -0.05) is 81.9 Å². The van der Waals surface area contributed by atoms with E-state index in [1.165, 1.54) is 64.2 Å². The Morgan fingerprint density at radius 3 is 1.67 bits per heavy atom. The van der Waals surface area contributed by atoms with Gasteiger partial charge < -0.3 is 4.89 Å². The van der Waals surface area contributed by atoms with Crippen molar-refractivity contribution >= 4 is 8.03 Å². The van der Waals surface area contributed by atoms with Crippen LogP contribution in [0, 0.1) is 0 Å². The minimum atomic E-state index is -2.42. The van der Waals surface area contributed by atoms with E-state index in [0.29, 0.717) is 4.48 Å². The highest BCUT2D eigenvalue weighted by Gasteiger charge is 2.53. The molecule has 0 bridgehead atoms. The third-order valence-corrected chi connectivity index (χ3v) is 7.55. The average Bonchev–Trinajstić information content (AvgIpc) is 2.59. The molecule has 0 aliphatic rings. The molecule has 0 amide bonds. The molecule has 0 aliphatic heterocycles. The Kier molecular flexibility index (Phi) is 15.5. The lowest BCUT2D eigenvalue weighted by Crippen LogP contribution is -2.55. The highest BCUT2D eigenvalue weighted by molar-refractivity contribution is 7.38. The lowest BCUT2D eigenvalue weighted by molar-refractivity contribution is -0.910. The standard InChI is InChI=1S/C23H47NO2P/c1-6-8-9-10-11-12-13-14-15-16-17-18-19-20-22-23(21-7-2,27(25)26)24(3,4)5/h10-11H,6-9,12-22H2,1-5H3/q+1/b11-10-. The smallest absolute Gasteiger partial charge is 0.376 e. The molecule has 0 radical (unpaired) electrons. The van der Waals surface area contributed by atoms with Crippen LogP contribution >= 0.6 is 8.03 Å². The summed E-state index contributed by atoms with van der Waals surface area (Å²) in [6.07, 6.45) is 22.3. The van der Waals surface area contributed by atoms with Gasteiger partial charge in [-0.05, 0) is 32.1 Å². The first-order valence-corrected chi connectivity index (χ1v) is 12.6. The average molecular weight is 401 g/mol. The van der Waals surface area contributed by atoms with Gasteiger partial charge in [-0.3, -0.25) is 4.48 Å². The van der Waals surface area contributed by atoms with Crippen molar-refractivity contribution in [2.75, 3.05) is 21.1 Å². The first-order valence-electron chi connectivity index (χ1n) is 11.4. The molecule has 2 atom stereocenters. The topological polar surface area (TPSA) is 40.1 Å². The molecule has 0 aromatic rings. The Bertz CT molecular complexity index is 404. The zero-order valence-corrected chi connectivity index (χ0v) is 19.9. The van der Waals surface area contributed by atoms with Gasteiger partial charge in [-0.25, -0.2) is 0 Å². The monoisotopic (exact) mass is 400 g/mol. The second-order valence-corrected chi connectivity index (χ2v) is 10.3. The molecule has 4 heteroatoms. The van der Waals surface area contributed by atoms with E-state index in [2.05, 4.69) is 26.0 Å². The van der Waals surface area contributed by atoms with Gasteiger partial charge in [0.05, 0.1) is 21.1 Å². The van der Waals surface area contributed by atoms with Crippen molar-refractivity contribution in [2.45, 2.75) is 115 Å². The maximum atomic E-state index is 12.0. The fraction of sp³-hybridized carbons (Fsp3) is 0.913. The molecule has 160 valence electrons. The van der Waals surface area contributed by atoms with Crippen molar-refractivity contribution in [1.82, 2.24) is 0 Å². The highest BCUT2D eigenvalue weighted by Crippen LogP contribution is 2.45. The molecular formula is C23H47NO2P+. The van der Waals surface area contributed by atoms with Gasteiger partial charge in [0.2, 0.25) is 0 Å². The maximum absolute atomic E-state index is 12.0. The van der Waals surface area contributed by atoms with Crippen LogP contribution in [0.3, 0.4) is 0 Å². The summed E-state index contributed by atoms with van der Waals surface area (Å²) in [6, 6.07) is 0. The lowest BCUT2D eigenvalue weighted by Gasteiger charge is -2.39. The van der Waals surface area contributed by atoms with Gasteiger partial charge >= 0.3 is 8.03 Å². The molecule has 27 heavy (non-hydrogen) atoms. The second kappa shape index (κ2) is 15.7. The predicted molar refractivity (Wildman–Crippen MR) is 118 cm³/mol. The maximum Gasteiger partial charge on any atom is 0.376 e. The van der Waals surface area contributed by atoms with Crippen LogP contribution in [0.4, 0.5) is 0 Å². The minimum absolute atomic E-state index is 0.520. The van der Waals surface area contributed by atoms with Gasteiger partial charge in [0.25, 0.3) is 5.28 Å². The molecule has 0 saturated heterocycles. The molecular weight excluding hydrogens is 353 g/mol. The van der Waals surface area contributed by atoms with E-state index in [-0.39, 0.29) is 0 Å². The fourth-order valence-electron chi connectivity index (χ4n) is 3.91. The summed E-state index contributed by atoms with van der Waals surface area (Å²) < 4.78 is 12.6. The first-order chi connectivity index (χ1) is 12.8. The first kappa shape index (κ1) is 26.8. The van der Waals surface area contributed by atoms with Gasteiger partial charge in [0.1, 0.15) is 0 Å². The molecule has 0 heterocycles. The van der Waals surface area contributed by atoms with E-state index in [1.54, 1.807) is 0 Å². The summed E-state index contributed by atoms with van der Waals surface area (Å²) in [5.74, 6) is 0. The number of quaternary nitrogens is 1. The molecule has 3 nitrogen and oxygen atoms in total. The van der Waals surface area contributed by atoms with Crippen LogP contribution in [-0.2, 0) is 4.57 Å².